The summed E-state index contributed by atoms with van der Waals surface area (Å²) in [6, 6.07) is 6.80. The summed E-state index contributed by atoms with van der Waals surface area (Å²) in [5.41, 5.74) is 6.41. The van der Waals surface area contributed by atoms with Crippen molar-refractivity contribution in [2.45, 2.75) is 51.4 Å². The smallest absolute Gasteiger partial charge is 0.261 e. The van der Waals surface area contributed by atoms with Gasteiger partial charge in [-0.3, -0.25) is 24.3 Å². The molecule has 1 aliphatic heterocycles. The van der Waals surface area contributed by atoms with Gasteiger partial charge in [0.15, 0.2) is 0 Å². The van der Waals surface area contributed by atoms with E-state index in [9.17, 15) is 14.4 Å². The van der Waals surface area contributed by atoms with Crippen LogP contribution in [0.3, 0.4) is 0 Å². The molecule has 0 unspecified atom stereocenters. The Morgan fingerprint density at radius 3 is 2.17 bits per heavy atom. The summed E-state index contributed by atoms with van der Waals surface area (Å²) in [7, 11) is 0. The second kappa shape index (κ2) is 7.10. The molecule has 6 heteroatoms. The highest BCUT2D eigenvalue weighted by atomic mass is 16.2. The van der Waals surface area contributed by atoms with E-state index in [1.807, 2.05) is 0 Å². The molecule has 6 nitrogen and oxygen atoms in total. The van der Waals surface area contributed by atoms with Crippen LogP contribution in [0.1, 0.15) is 68.9 Å². The van der Waals surface area contributed by atoms with Crippen molar-refractivity contribution >= 4 is 23.4 Å². The average molecular weight is 389 g/mol. The number of benzene rings is 1. The van der Waals surface area contributed by atoms with Crippen LogP contribution in [-0.2, 0) is 30.5 Å². The molecule has 1 N–H and O–H groups in total. The highest BCUT2D eigenvalue weighted by Gasteiger charge is 2.35. The maximum absolute atomic E-state index is 12.8. The van der Waals surface area contributed by atoms with Crippen molar-refractivity contribution < 1.29 is 14.4 Å². The number of carbonyl (C=O) groups is 3. The van der Waals surface area contributed by atoms with Gasteiger partial charge in [-0.2, -0.15) is 0 Å². The Labute approximate surface area is 169 Å². The third-order valence-corrected chi connectivity index (χ3v) is 6.21. The quantitative estimate of drug-likeness (QED) is 0.815. The molecule has 2 aromatic rings. The van der Waals surface area contributed by atoms with E-state index in [4.69, 9.17) is 4.98 Å². The number of hydrogen-bond acceptors (Lipinski definition) is 4. The zero-order valence-electron chi connectivity index (χ0n) is 16.3. The minimum absolute atomic E-state index is 0.0909. The highest BCUT2D eigenvalue weighted by molar-refractivity contribution is 6.21. The summed E-state index contributed by atoms with van der Waals surface area (Å²) in [6.07, 6.45) is 7.27. The number of amides is 3. The fraction of sp³-hybridized carbons (Fsp3) is 0.391. The minimum atomic E-state index is -0.319. The predicted molar refractivity (Wildman–Crippen MR) is 108 cm³/mol. The van der Waals surface area contributed by atoms with E-state index in [1.165, 1.54) is 16.0 Å². The maximum atomic E-state index is 12.8. The number of pyridine rings is 1. The topological polar surface area (TPSA) is 79.4 Å². The van der Waals surface area contributed by atoms with Crippen molar-refractivity contribution in [2.24, 2.45) is 0 Å². The number of aromatic nitrogens is 1. The molecule has 148 valence electrons. The molecule has 0 fully saturated rings. The molecule has 29 heavy (non-hydrogen) atoms. The Morgan fingerprint density at radius 2 is 1.48 bits per heavy atom. The lowest BCUT2D eigenvalue weighted by molar-refractivity contribution is -0.116. The van der Waals surface area contributed by atoms with Crippen LogP contribution in [0, 0.1) is 0 Å². The Hall–Kier alpha value is -3.02. The number of nitrogens with one attached hydrogen (secondary N) is 1. The van der Waals surface area contributed by atoms with Crippen LogP contribution in [0.2, 0.25) is 0 Å². The fourth-order valence-corrected chi connectivity index (χ4v) is 4.76. The molecule has 2 heterocycles. The Bertz CT molecular complexity index is 1010. The summed E-state index contributed by atoms with van der Waals surface area (Å²) in [6.45, 7) is 0.0909. The second-order valence-electron chi connectivity index (χ2n) is 8.00. The molecular weight excluding hydrogens is 366 g/mol. The average Bonchev–Trinajstić information content (AvgIpc) is 3.30. The van der Waals surface area contributed by atoms with Crippen molar-refractivity contribution in [3.8, 4) is 0 Å². The van der Waals surface area contributed by atoms with Gasteiger partial charge in [-0.1, -0.05) is 12.1 Å². The first-order chi connectivity index (χ1) is 14.1. The number of rotatable bonds is 4. The largest absolute Gasteiger partial charge is 0.325 e. The van der Waals surface area contributed by atoms with Gasteiger partial charge in [-0.25, -0.2) is 0 Å². The van der Waals surface area contributed by atoms with Crippen molar-refractivity contribution in [3.63, 3.8) is 0 Å². The van der Waals surface area contributed by atoms with Crippen molar-refractivity contribution in [1.82, 2.24) is 9.88 Å². The van der Waals surface area contributed by atoms with Crippen LogP contribution in [0.15, 0.2) is 24.3 Å². The van der Waals surface area contributed by atoms with E-state index in [1.54, 1.807) is 24.3 Å². The third kappa shape index (κ3) is 3.03. The lowest BCUT2D eigenvalue weighted by Crippen LogP contribution is -2.33. The van der Waals surface area contributed by atoms with Crippen LogP contribution in [0.4, 0.5) is 5.69 Å². The summed E-state index contributed by atoms with van der Waals surface area (Å²) >= 11 is 0. The van der Waals surface area contributed by atoms with Crippen LogP contribution in [-0.4, -0.2) is 34.2 Å². The van der Waals surface area contributed by atoms with Gasteiger partial charge in [0, 0.05) is 24.4 Å². The molecule has 0 atom stereocenters. The SMILES string of the molecule is O=C(CCN1C(=O)c2ccccc2C1=O)Nc1c2c(nc3c1CCC3)CCCC2. The van der Waals surface area contributed by atoms with Gasteiger partial charge in [0.25, 0.3) is 11.8 Å². The number of anilines is 1. The van der Waals surface area contributed by atoms with E-state index >= 15 is 0 Å². The molecule has 0 saturated heterocycles. The maximum Gasteiger partial charge on any atom is 0.261 e. The highest BCUT2D eigenvalue weighted by Crippen LogP contribution is 2.36. The van der Waals surface area contributed by atoms with Gasteiger partial charge in [-0.15, -0.1) is 0 Å². The van der Waals surface area contributed by atoms with Gasteiger partial charge < -0.3 is 5.32 Å². The molecule has 0 spiro atoms. The van der Waals surface area contributed by atoms with E-state index in [-0.39, 0.29) is 30.7 Å². The van der Waals surface area contributed by atoms with Gasteiger partial charge in [-0.05, 0) is 68.2 Å². The standard InChI is InChI=1S/C23H23N3O3/c27-20(12-13-26-22(28)14-6-1-2-7-15(14)23(26)29)25-21-16-8-3-4-10-18(16)24-19-11-5-9-17(19)21/h1-2,6-7H,3-5,8-13H2,(H,24,25,27). The number of aryl methyl sites for hydroxylation is 2. The van der Waals surface area contributed by atoms with Gasteiger partial charge >= 0.3 is 0 Å². The lowest BCUT2D eigenvalue weighted by Gasteiger charge is -2.22. The number of imide groups is 1. The van der Waals surface area contributed by atoms with Crippen LogP contribution in [0.5, 0.6) is 0 Å². The molecule has 5 rings (SSSR count). The number of carbonyl (C=O) groups excluding carboxylic acids is 3. The van der Waals surface area contributed by atoms with Crippen molar-refractivity contribution in [3.05, 3.63) is 57.9 Å². The summed E-state index contributed by atoms with van der Waals surface area (Å²) in [4.78, 5) is 43.8. The molecular formula is C23H23N3O3. The van der Waals surface area contributed by atoms with E-state index in [2.05, 4.69) is 5.32 Å². The van der Waals surface area contributed by atoms with E-state index in [0.717, 1.165) is 62.0 Å². The fourth-order valence-electron chi connectivity index (χ4n) is 4.76. The van der Waals surface area contributed by atoms with Crippen LogP contribution >= 0.6 is 0 Å². The van der Waals surface area contributed by atoms with Crippen molar-refractivity contribution in [2.75, 3.05) is 11.9 Å². The molecule has 3 aliphatic rings. The van der Waals surface area contributed by atoms with E-state index < -0.39 is 0 Å². The van der Waals surface area contributed by atoms with E-state index in [0.29, 0.717) is 11.1 Å². The second-order valence-corrected chi connectivity index (χ2v) is 8.00. The summed E-state index contributed by atoms with van der Waals surface area (Å²) in [5, 5.41) is 3.12. The zero-order chi connectivity index (χ0) is 20.0. The zero-order valence-corrected chi connectivity index (χ0v) is 16.3. The first-order valence-electron chi connectivity index (χ1n) is 10.4. The minimum Gasteiger partial charge on any atom is -0.325 e. The molecule has 0 bridgehead atoms. The Morgan fingerprint density at radius 1 is 0.897 bits per heavy atom. The third-order valence-electron chi connectivity index (χ3n) is 6.21. The normalized spacial score (nSPS) is 17.2. The number of fused-ring (bicyclic) bond motifs is 3. The Balaban J connectivity index is 1.32. The van der Waals surface area contributed by atoms with Gasteiger partial charge in [0.2, 0.25) is 5.91 Å². The molecule has 1 aromatic carbocycles. The Kier molecular flexibility index (Phi) is 4.42. The van der Waals surface area contributed by atoms with Crippen LogP contribution < -0.4 is 5.32 Å². The summed E-state index contributed by atoms with van der Waals surface area (Å²) in [5.74, 6) is -0.796. The molecule has 3 amide bonds. The first-order valence-corrected chi connectivity index (χ1v) is 10.4. The van der Waals surface area contributed by atoms with Crippen molar-refractivity contribution in [1.29, 1.82) is 0 Å². The van der Waals surface area contributed by atoms with Gasteiger partial charge in [0.1, 0.15) is 0 Å². The lowest BCUT2D eigenvalue weighted by atomic mass is 9.92. The monoisotopic (exact) mass is 389 g/mol. The molecule has 0 saturated carbocycles. The van der Waals surface area contributed by atoms with Gasteiger partial charge in [0.05, 0.1) is 16.8 Å². The first kappa shape index (κ1) is 18.0. The molecule has 0 radical (unpaired) electrons. The number of hydrogen-bond donors (Lipinski definition) is 1. The summed E-state index contributed by atoms with van der Waals surface area (Å²) < 4.78 is 0. The molecule has 2 aliphatic carbocycles. The number of nitrogens with zero attached hydrogens (tertiary/aromatic N) is 2. The molecule has 1 aromatic heterocycles. The predicted octanol–water partition coefficient (Wildman–Crippen LogP) is 3.07. The van der Waals surface area contributed by atoms with Crippen LogP contribution in [0.25, 0.3) is 0 Å².